The predicted molar refractivity (Wildman–Crippen MR) is 85.3 cm³/mol. The Kier molecular flexibility index (Phi) is 6.32. The van der Waals surface area contributed by atoms with Crippen LogP contribution in [-0.4, -0.2) is 19.1 Å². The fourth-order valence-corrected chi connectivity index (χ4v) is 3.48. The molecule has 0 heterocycles. The van der Waals surface area contributed by atoms with E-state index < -0.39 is 0 Å². The number of nitrogens with one attached hydrogen (secondary N) is 1. The van der Waals surface area contributed by atoms with E-state index in [4.69, 9.17) is 5.73 Å². The molecule has 0 spiro atoms. The minimum Gasteiger partial charge on any atom is -0.330 e. The topological polar surface area (TPSA) is 38.0 Å². The van der Waals surface area contributed by atoms with Gasteiger partial charge in [-0.05, 0) is 68.4 Å². The lowest BCUT2D eigenvalue weighted by Crippen LogP contribution is -2.30. The van der Waals surface area contributed by atoms with Crippen LogP contribution in [0.1, 0.15) is 73.1 Å². The van der Waals surface area contributed by atoms with Crippen LogP contribution in [0.25, 0.3) is 0 Å². The van der Waals surface area contributed by atoms with E-state index in [9.17, 15) is 0 Å². The van der Waals surface area contributed by atoms with Crippen molar-refractivity contribution in [1.29, 1.82) is 0 Å². The van der Waals surface area contributed by atoms with Gasteiger partial charge in [-0.2, -0.15) is 0 Å². The summed E-state index contributed by atoms with van der Waals surface area (Å²) in [7, 11) is 0. The summed E-state index contributed by atoms with van der Waals surface area (Å²) in [4.78, 5) is 0. The molecule has 1 aliphatic carbocycles. The van der Waals surface area contributed by atoms with Gasteiger partial charge in [-0.25, -0.2) is 0 Å². The maximum absolute atomic E-state index is 5.74. The monoisotopic (exact) mass is 268 g/mol. The van der Waals surface area contributed by atoms with E-state index in [0.717, 1.165) is 18.5 Å². The van der Waals surface area contributed by atoms with Crippen LogP contribution in [0.4, 0.5) is 0 Å². The van der Waals surface area contributed by atoms with E-state index in [2.05, 4.69) is 39.9 Å². The van der Waals surface area contributed by atoms with Crippen molar-refractivity contribution in [3.8, 4) is 0 Å². The second-order valence-electron chi connectivity index (χ2n) is 8.34. The molecule has 0 aromatic heterocycles. The van der Waals surface area contributed by atoms with Crippen molar-refractivity contribution in [1.82, 2.24) is 5.32 Å². The standard InChI is InChI=1S/C17H36N2/c1-16(2,3)14(9-11-18)7-6-12-19-15-8-10-17(4,5)13-15/h14-15,19H,6-13,18H2,1-5H3. The van der Waals surface area contributed by atoms with Crippen molar-refractivity contribution in [3.05, 3.63) is 0 Å². The van der Waals surface area contributed by atoms with Crippen molar-refractivity contribution < 1.29 is 0 Å². The Morgan fingerprint density at radius 2 is 1.95 bits per heavy atom. The molecule has 114 valence electrons. The lowest BCUT2D eigenvalue weighted by Gasteiger charge is -2.30. The summed E-state index contributed by atoms with van der Waals surface area (Å²) in [5.74, 6) is 0.763. The molecule has 0 aromatic carbocycles. The number of rotatable bonds is 7. The van der Waals surface area contributed by atoms with Gasteiger partial charge in [0.2, 0.25) is 0 Å². The summed E-state index contributed by atoms with van der Waals surface area (Å²) in [6.07, 6.45) is 7.85. The van der Waals surface area contributed by atoms with Gasteiger partial charge < -0.3 is 11.1 Å². The van der Waals surface area contributed by atoms with Crippen molar-refractivity contribution in [3.63, 3.8) is 0 Å². The molecule has 0 radical (unpaired) electrons. The smallest absolute Gasteiger partial charge is 0.00723 e. The molecule has 0 bridgehead atoms. The Hall–Kier alpha value is -0.0800. The molecular weight excluding hydrogens is 232 g/mol. The maximum Gasteiger partial charge on any atom is 0.00723 e. The average molecular weight is 268 g/mol. The van der Waals surface area contributed by atoms with Crippen molar-refractivity contribution in [2.45, 2.75) is 79.2 Å². The number of hydrogen-bond donors (Lipinski definition) is 2. The fourth-order valence-electron chi connectivity index (χ4n) is 3.48. The van der Waals surface area contributed by atoms with Crippen molar-refractivity contribution >= 4 is 0 Å². The van der Waals surface area contributed by atoms with Gasteiger partial charge >= 0.3 is 0 Å². The number of nitrogens with two attached hydrogens (primary N) is 1. The highest BCUT2D eigenvalue weighted by Crippen LogP contribution is 2.37. The van der Waals surface area contributed by atoms with E-state index in [1.54, 1.807) is 0 Å². The second kappa shape index (κ2) is 7.08. The third kappa shape index (κ3) is 6.27. The molecule has 1 fully saturated rings. The van der Waals surface area contributed by atoms with Gasteiger partial charge in [0.05, 0.1) is 0 Å². The summed E-state index contributed by atoms with van der Waals surface area (Å²) in [6.45, 7) is 13.8. The van der Waals surface area contributed by atoms with Crippen LogP contribution in [-0.2, 0) is 0 Å². The third-order valence-electron chi connectivity index (χ3n) is 4.87. The van der Waals surface area contributed by atoms with Gasteiger partial charge in [0, 0.05) is 6.04 Å². The molecule has 2 nitrogen and oxygen atoms in total. The SMILES string of the molecule is CC1(C)CCC(NCCCC(CCN)C(C)(C)C)C1. The second-order valence-corrected chi connectivity index (χ2v) is 8.34. The van der Waals surface area contributed by atoms with Gasteiger partial charge in [-0.1, -0.05) is 34.6 Å². The van der Waals surface area contributed by atoms with E-state index in [-0.39, 0.29) is 0 Å². The minimum absolute atomic E-state index is 0.398. The first-order valence-electron chi connectivity index (χ1n) is 8.18. The molecule has 3 N–H and O–H groups in total. The van der Waals surface area contributed by atoms with Crippen molar-refractivity contribution in [2.24, 2.45) is 22.5 Å². The van der Waals surface area contributed by atoms with Gasteiger partial charge in [0.25, 0.3) is 0 Å². The highest BCUT2D eigenvalue weighted by molar-refractivity contribution is 4.86. The molecule has 2 unspecified atom stereocenters. The summed E-state index contributed by atoms with van der Waals surface area (Å²) < 4.78 is 0. The van der Waals surface area contributed by atoms with E-state index in [1.165, 1.54) is 45.1 Å². The van der Waals surface area contributed by atoms with Crippen LogP contribution in [0.3, 0.4) is 0 Å². The molecule has 0 amide bonds. The molecule has 0 aliphatic heterocycles. The first kappa shape index (κ1) is 17.0. The van der Waals surface area contributed by atoms with Gasteiger partial charge in [0.1, 0.15) is 0 Å². The molecule has 0 aromatic rings. The Balaban J connectivity index is 2.19. The van der Waals surface area contributed by atoms with Crippen LogP contribution in [0, 0.1) is 16.7 Å². The summed E-state index contributed by atoms with van der Waals surface area (Å²) in [6, 6.07) is 0.762. The maximum atomic E-state index is 5.74. The quantitative estimate of drug-likeness (QED) is 0.686. The zero-order valence-corrected chi connectivity index (χ0v) is 13.9. The summed E-state index contributed by atoms with van der Waals surface area (Å²) in [5.41, 5.74) is 6.70. The third-order valence-corrected chi connectivity index (χ3v) is 4.87. The minimum atomic E-state index is 0.398. The van der Waals surface area contributed by atoms with Crippen molar-refractivity contribution in [2.75, 3.05) is 13.1 Å². The first-order chi connectivity index (χ1) is 8.74. The normalized spacial score (nSPS) is 24.6. The zero-order chi connectivity index (χ0) is 14.5. The van der Waals surface area contributed by atoms with E-state index >= 15 is 0 Å². The van der Waals surface area contributed by atoms with Gasteiger partial charge in [0.15, 0.2) is 0 Å². The zero-order valence-electron chi connectivity index (χ0n) is 13.9. The van der Waals surface area contributed by atoms with Crippen LogP contribution in [0.15, 0.2) is 0 Å². The van der Waals surface area contributed by atoms with E-state index in [0.29, 0.717) is 10.8 Å². The predicted octanol–water partition coefficient (Wildman–Crippen LogP) is 3.95. The number of hydrogen-bond acceptors (Lipinski definition) is 2. The lowest BCUT2D eigenvalue weighted by atomic mass is 9.76. The lowest BCUT2D eigenvalue weighted by molar-refractivity contribution is 0.209. The van der Waals surface area contributed by atoms with Crippen LogP contribution in [0.5, 0.6) is 0 Å². The Bertz CT molecular complexity index is 252. The Morgan fingerprint density at radius 1 is 1.26 bits per heavy atom. The van der Waals surface area contributed by atoms with Crippen LogP contribution in [0.2, 0.25) is 0 Å². The highest BCUT2D eigenvalue weighted by Gasteiger charge is 2.30. The molecular formula is C17H36N2. The molecule has 2 heteroatoms. The molecule has 0 saturated heterocycles. The Labute approximate surface area is 120 Å². The van der Waals surface area contributed by atoms with Gasteiger partial charge in [-0.3, -0.25) is 0 Å². The van der Waals surface area contributed by atoms with Gasteiger partial charge in [-0.15, -0.1) is 0 Å². The molecule has 2 atom stereocenters. The first-order valence-corrected chi connectivity index (χ1v) is 8.18. The van der Waals surface area contributed by atoms with Crippen LogP contribution >= 0.6 is 0 Å². The van der Waals surface area contributed by atoms with Crippen LogP contribution < -0.4 is 11.1 Å². The van der Waals surface area contributed by atoms with E-state index in [1.807, 2.05) is 0 Å². The molecule has 1 aliphatic rings. The molecule has 19 heavy (non-hydrogen) atoms. The summed E-state index contributed by atoms with van der Waals surface area (Å²) >= 11 is 0. The average Bonchev–Trinajstić information content (AvgIpc) is 2.61. The largest absolute Gasteiger partial charge is 0.330 e. The summed E-state index contributed by atoms with van der Waals surface area (Å²) in [5, 5.41) is 3.75. The molecule has 1 rings (SSSR count). The Morgan fingerprint density at radius 3 is 2.42 bits per heavy atom. The molecule has 1 saturated carbocycles. The highest BCUT2D eigenvalue weighted by atomic mass is 14.9. The fraction of sp³-hybridized carbons (Fsp3) is 1.00.